The third-order valence-corrected chi connectivity index (χ3v) is 4.96. The Labute approximate surface area is 141 Å². The Morgan fingerprint density at radius 2 is 2.17 bits per heavy atom. The summed E-state index contributed by atoms with van der Waals surface area (Å²) in [6.07, 6.45) is 6.55. The van der Waals surface area contributed by atoms with Crippen molar-refractivity contribution >= 4 is 11.9 Å². The van der Waals surface area contributed by atoms with Gasteiger partial charge in [-0.1, -0.05) is 0 Å². The number of carbonyl (C=O) groups excluding carboxylic acids is 2. The predicted octanol–water partition coefficient (Wildman–Crippen LogP) is 0.209. The summed E-state index contributed by atoms with van der Waals surface area (Å²) in [5.41, 5.74) is 3.66. The topological polar surface area (TPSA) is 94.6 Å². The van der Waals surface area contributed by atoms with Crippen molar-refractivity contribution < 1.29 is 14.7 Å². The van der Waals surface area contributed by atoms with Crippen LogP contribution in [0, 0.1) is 5.92 Å². The number of nitrogens with one attached hydrogen (secondary N) is 2. The number of pyridine rings is 1. The van der Waals surface area contributed by atoms with Crippen LogP contribution in [0.3, 0.4) is 0 Å². The van der Waals surface area contributed by atoms with Crippen LogP contribution in [0.25, 0.3) is 0 Å². The number of fused-ring (bicyclic) bond motifs is 1. The zero-order valence-corrected chi connectivity index (χ0v) is 13.9. The Morgan fingerprint density at radius 1 is 1.33 bits per heavy atom. The number of aromatic nitrogens is 1. The molecule has 1 aromatic rings. The Balaban J connectivity index is 1.55. The minimum absolute atomic E-state index is 0.118. The fraction of sp³-hybridized carbons (Fsp3) is 0.588. The second-order valence-corrected chi connectivity index (χ2v) is 6.56. The first-order valence-corrected chi connectivity index (χ1v) is 8.44. The van der Waals surface area contributed by atoms with E-state index in [2.05, 4.69) is 15.6 Å². The van der Waals surface area contributed by atoms with E-state index < -0.39 is 6.10 Å². The van der Waals surface area contributed by atoms with Gasteiger partial charge in [0.1, 0.15) is 0 Å². The zero-order valence-electron chi connectivity index (χ0n) is 13.9. The highest BCUT2D eigenvalue weighted by molar-refractivity contribution is 5.77. The van der Waals surface area contributed by atoms with Gasteiger partial charge in [0.15, 0.2) is 0 Å². The first-order chi connectivity index (χ1) is 11.6. The number of aliphatic hydroxyl groups is 1. The summed E-state index contributed by atoms with van der Waals surface area (Å²) in [6.45, 7) is 1.10. The summed E-state index contributed by atoms with van der Waals surface area (Å²) in [5, 5.41) is 15.5. The predicted molar refractivity (Wildman–Crippen MR) is 88.3 cm³/mol. The number of urea groups is 1. The van der Waals surface area contributed by atoms with Crippen LogP contribution in [-0.2, 0) is 24.2 Å². The maximum atomic E-state index is 12.3. The van der Waals surface area contributed by atoms with Gasteiger partial charge in [-0.05, 0) is 36.0 Å². The van der Waals surface area contributed by atoms with E-state index in [-0.39, 0.29) is 30.8 Å². The molecule has 7 heteroatoms. The molecule has 0 bridgehead atoms. The average Bonchev–Trinajstić information content (AvgIpc) is 3.19. The molecule has 1 aromatic heterocycles. The highest BCUT2D eigenvalue weighted by Crippen LogP contribution is 2.24. The fourth-order valence-electron chi connectivity index (χ4n) is 3.57. The van der Waals surface area contributed by atoms with Gasteiger partial charge >= 0.3 is 6.03 Å². The average molecular weight is 332 g/mol. The maximum Gasteiger partial charge on any atom is 0.317 e. The van der Waals surface area contributed by atoms with E-state index >= 15 is 0 Å². The Bertz CT molecular complexity index is 634. The molecule has 2 atom stereocenters. The van der Waals surface area contributed by atoms with Gasteiger partial charge in [0.2, 0.25) is 5.91 Å². The monoisotopic (exact) mass is 332 g/mol. The summed E-state index contributed by atoms with van der Waals surface area (Å²) in [7, 11) is 1.57. The van der Waals surface area contributed by atoms with Gasteiger partial charge in [-0.2, -0.15) is 0 Å². The highest BCUT2D eigenvalue weighted by atomic mass is 16.3. The third kappa shape index (κ3) is 3.51. The second-order valence-electron chi connectivity index (χ2n) is 6.56. The van der Waals surface area contributed by atoms with Gasteiger partial charge in [0.25, 0.3) is 0 Å². The van der Waals surface area contributed by atoms with Crippen molar-refractivity contribution in [2.75, 3.05) is 20.1 Å². The molecule has 0 saturated carbocycles. The van der Waals surface area contributed by atoms with E-state index in [1.165, 1.54) is 11.1 Å². The molecular formula is C17H24N4O3. The first kappa shape index (κ1) is 16.7. The highest BCUT2D eigenvalue weighted by Gasteiger charge is 2.35. The van der Waals surface area contributed by atoms with E-state index in [0.717, 1.165) is 24.8 Å². The van der Waals surface area contributed by atoms with Crippen molar-refractivity contribution in [2.45, 2.75) is 38.3 Å². The van der Waals surface area contributed by atoms with Crippen molar-refractivity contribution in [1.82, 2.24) is 20.5 Å². The van der Waals surface area contributed by atoms with Crippen LogP contribution in [0.1, 0.15) is 29.5 Å². The number of β-amino-alcohol motifs (C(OH)–C–C–N with tert-alkyl or cyclic N) is 1. The summed E-state index contributed by atoms with van der Waals surface area (Å²) in [4.78, 5) is 29.6. The van der Waals surface area contributed by atoms with E-state index in [4.69, 9.17) is 0 Å². The number of rotatable bonds is 4. The standard InChI is InChI=1S/C17H24N4O3/c1-18-16(23)5-12-9-21(10-15(12)22)17(24)20-8-13-7-19-6-11-3-2-4-14(11)13/h6-7,12,15,22H,2-5,8-10H2,1H3,(H,18,23)(H,20,24)/t12-,15-/m1/s1. The molecule has 3 N–H and O–H groups in total. The number of hydrogen-bond donors (Lipinski definition) is 3. The van der Waals surface area contributed by atoms with Crippen molar-refractivity contribution in [3.8, 4) is 0 Å². The molecule has 0 spiro atoms. The number of amides is 3. The summed E-state index contributed by atoms with van der Waals surface area (Å²) in [6, 6.07) is -0.205. The van der Waals surface area contributed by atoms with Crippen molar-refractivity contribution in [3.05, 3.63) is 29.1 Å². The van der Waals surface area contributed by atoms with Crippen molar-refractivity contribution in [1.29, 1.82) is 0 Å². The maximum absolute atomic E-state index is 12.3. The van der Waals surface area contributed by atoms with Crippen LogP contribution in [-0.4, -0.2) is 53.2 Å². The van der Waals surface area contributed by atoms with E-state index in [1.807, 2.05) is 12.4 Å². The van der Waals surface area contributed by atoms with Crippen LogP contribution in [0.5, 0.6) is 0 Å². The number of hydrogen-bond acceptors (Lipinski definition) is 4. The Kier molecular flexibility index (Phi) is 4.99. The van der Waals surface area contributed by atoms with Crippen LogP contribution in [0.15, 0.2) is 12.4 Å². The number of aryl methyl sites for hydroxylation is 1. The molecule has 2 aliphatic rings. The molecule has 0 unspecified atom stereocenters. The first-order valence-electron chi connectivity index (χ1n) is 8.44. The number of likely N-dealkylation sites (tertiary alicyclic amines) is 1. The molecule has 3 amide bonds. The normalized spacial score (nSPS) is 22.3. The van der Waals surface area contributed by atoms with Gasteiger partial charge in [-0.25, -0.2) is 4.79 Å². The van der Waals surface area contributed by atoms with E-state index in [0.29, 0.717) is 13.1 Å². The lowest BCUT2D eigenvalue weighted by atomic mass is 10.0. The molecule has 130 valence electrons. The lowest BCUT2D eigenvalue weighted by molar-refractivity contribution is -0.122. The minimum Gasteiger partial charge on any atom is -0.391 e. The van der Waals surface area contributed by atoms with E-state index in [9.17, 15) is 14.7 Å². The summed E-state index contributed by atoms with van der Waals surface area (Å²) in [5.74, 6) is -0.328. The summed E-state index contributed by atoms with van der Waals surface area (Å²) >= 11 is 0. The van der Waals surface area contributed by atoms with Gasteiger partial charge in [0.05, 0.1) is 6.10 Å². The van der Waals surface area contributed by atoms with Crippen LogP contribution < -0.4 is 10.6 Å². The molecular weight excluding hydrogens is 308 g/mol. The Hall–Kier alpha value is -2.15. The quantitative estimate of drug-likeness (QED) is 0.734. The van der Waals surface area contributed by atoms with Crippen molar-refractivity contribution in [3.63, 3.8) is 0 Å². The van der Waals surface area contributed by atoms with Crippen LogP contribution >= 0.6 is 0 Å². The SMILES string of the molecule is CNC(=O)C[C@@H]1CN(C(=O)NCc2cncc3c2CCC3)C[C@H]1O. The summed E-state index contributed by atoms with van der Waals surface area (Å²) < 4.78 is 0. The van der Waals surface area contributed by atoms with Crippen LogP contribution in [0.2, 0.25) is 0 Å². The smallest absolute Gasteiger partial charge is 0.317 e. The van der Waals surface area contributed by atoms with E-state index in [1.54, 1.807) is 11.9 Å². The molecule has 2 heterocycles. The molecule has 1 aliphatic carbocycles. The van der Waals surface area contributed by atoms with Crippen LogP contribution in [0.4, 0.5) is 4.79 Å². The van der Waals surface area contributed by atoms with Gasteiger partial charge < -0.3 is 20.6 Å². The lowest BCUT2D eigenvalue weighted by Gasteiger charge is -2.17. The molecule has 7 nitrogen and oxygen atoms in total. The third-order valence-electron chi connectivity index (χ3n) is 4.96. The largest absolute Gasteiger partial charge is 0.391 e. The molecule has 0 aromatic carbocycles. The molecule has 0 radical (unpaired) electrons. The molecule has 1 saturated heterocycles. The molecule has 3 rings (SSSR count). The Morgan fingerprint density at radius 3 is 2.96 bits per heavy atom. The fourth-order valence-corrected chi connectivity index (χ4v) is 3.57. The lowest BCUT2D eigenvalue weighted by Crippen LogP contribution is -2.38. The second kappa shape index (κ2) is 7.17. The zero-order chi connectivity index (χ0) is 17.1. The minimum atomic E-state index is -0.657. The number of nitrogens with zero attached hydrogens (tertiary/aromatic N) is 2. The molecule has 1 fully saturated rings. The van der Waals surface area contributed by atoms with Gasteiger partial charge in [-0.15, -0.1) is 0 Å². The van der Waals surface area contributed by atoms with Crippen molar-refractivity contribution in [2.24, 2.45) is 5.92 Å². The number of carbonyl (C=O) groups is 2. The molecule has 24 heavy (non-hydrogen) atoms. The number of aliphatic hydroxyl groups excluding tert-OH is 1. The van der Waals surface area contributed by atoms with Gasteiger partial charge in [0, 0.05) is 51.4 Å². The van der Waals surface area contributed by atoms with Gasteiger partial charge in [-0.3, -0.25) is 9.78 Å². The molecule has 1 aliphatic heterocycles.